The number of aryl methyl sites for hydroxylation is 1. The van der Waals surface area contributed by atoms with E-state index in [2.05, 4.69) is 10.3 Å². The van der Waals surface area contributed by atoms with Crippen LogP contribution in [-0.4, -0.2) is 48.3 Å². The summed E-state index contributed by atoms with van der Waals surface area (Å²) in [6.07, 6.45) is 0.625. The molecule has 0 unspecified atom stereocenters. The summed E-state index contributed by atoms with van der Waals surface area (Å²) in [6.45, 7) is 2.90. The number of carbonyl (C=O) groups excluding carboxylic acids is 3. The lowest BCUT2D eigenvalue weighted by Crippen LogP contribution is -2.44. The highest BCUT2D eigenvalue weighted by atomic mass is 35.5. The molecule has 0 radical (unpaired) electrons. The molecule has 0 saturated heterocycles. The molecule has 48 heavy (non-hydrogen) atoms. The van der Waals surface area contributed by atoms with E-state index in [1.807, 2.05) is 19.1 Å². The molecule has 1 aliphatic rings. The smallest absolute Gasteiger partial charge is 0.251 e. The van der Waals surface area contributed by atoms with E-state index in [9.17, 15) is 18.8 Å². The number of aromatic nitrogens is 2. The van der Waals surface area contributed by atoms with Crippen molar-refractivity contribution in [3.8, 4) is 22.8 Å². The molecule has 0 spiro atoms. The second-order valence-corrected chi connectivity index (χ2v) is 12.2. The molecule has 2 atom stereocenters. The number of ether oxygens (including phenoxy) is 2. The Hall–Kier alpha value is -5.42. The fourth-order valence-electron chi connectivity index (χ4n) is 5.86. The van der Waals surface area contributed by atoms with Gasteiger partial charge in [0.15, 0.2) is 0 Å². The van der Waals surface area contributed by atoms with E-state index in [4.69, 9.17) is 31.8 Å². The van der Waals surface area contributed by atoms with Crippen LogP contribution in [0.4, 0.5) is 8.78 Å². The standard InChI is InChI=1S/C36H29ClF2N4O5/c1-19-9-10-20-11-21(12-28(47-3)30(20)42-19)33(45)41-16-36(17-44,22-7-5-4-6-8-22)29-14-24-32(48-18-35(24,2)34(40)46)31(43-29)23-13-25(37)27(39)15-26(23)38/h4-15,17H,16,18H2,1-3H3,(H2,40,46)(H,41,45)/t35-,36+/m0/s1. The van der Waals surface area contributed by atoms with Crippen LogP contribution in [0.2, 0.25) is 5.02 Å². The molecule has 0 saturated carbocycles. The van der Waals surface area contributed by atoms with Crippen LogP contribution in [0.15, 0.2) is 72.8 Å². The SMILES string of the molecule is COc1cc(C(=O)NC[C@@](C=O)(c2ccccc2)c2cc3c(c(-c4cc(Cl)c(F)cc4F)n2)OC[C@]3(C)C(N)=O)cc2ccc(C)nc12. The molecule has 1 aliphatic heterocycles. The zero-order chi connectivity index (χ0) is 34.4. The molecule has 3 aromatic carbocycles. The summed E-state index contributed by atoms with van der Waals surface area (Å²) in [5.41, 5.74) is 4.73. The first-order chi connectivity index (χ1) is 22.9. The first-order valence-corrected chi connectivity index (χ1v) is 15.2. The van der Waals surface area contributed by atoms with Gasteiger partial charge < -0.3 is 25.3 Å². The number of nitrogens with zero attached hydrogens (tertiary/aromatic N) is 2. The van der Waals surface area contributed by atoms with E-state index in [1.165, 1.54) is 13.2 Å². The number of pyridine rings is 2. The predicted octanol–water partition coefficient (Wildman–Crippen LogP) is 5.60. The van der Waals surface area contributed by atoms with Crippen molar-refractivity contribution in [3.05, 3.63) is 118 Å². The topological polar surface area (TPSA) is 134 Å². The highest BCUT2D eigenvalue weighted by molar-refractivity contribution is 6.31. The molecule has 5 aromatic rings. The third-order valence-electron chi connectivity index (χ3n) is 8.74. The van der Waals surface area contributed by atoms with Crippen LogP contribution in [0.3, 0.4) is 0 Å². The molecular formula is C36H29ClF2N4O5. The number of primary amides is 1. The summed E-state index contributed by atoms with van der Waals surface area (Å²) in [5, 5.41) is 3.15. The Labute approximate surface area is 279 Å². The minimum absolute atomic E-state index is 0.0330. The van der Waals surface area contributed by atoms with Crippen LogP contribution >= 0.6 is 11.6 Å². The van der Waals surface area contributed by atoms with Crippen LogP contribution in [0.1, 0.15) is 39.8 Å². The number of benzene rings is 3. The molecule has 12 heteroatoms. The predicted molar refractivity (Wildman–Crippen MR) is 175 cm³/mol. The van der Waals surface area contributed by atoms with Gasteiger partial charge in [-0.25, -0.2) is 18.7 Å². The highest BCUT2D eigenvalue weighted by Crippen LogP contribution is 2.47. The zero-order valence-corrected chi connectivity index (χ0v) is 26.8. The Morgan fingerprint density at radius 3 is 2.52 bits per heavy atom. The van der Waals surface area contributed by atoms with Crippen molar-refractivity contribution in [1.82, 2.24) is 15.3 Å². The summed E-state index contributed by atoms with van der Waals surface area (Å²) in [4.78, 5) is 49.1. The number of hydrogen-bond donors (Lipinski definition) is 2. The van der Waals surface area contributed by atoms with Gasteiger partial charge in [-0.3, -0.25) is 9.59 Å². The summed E-state index contributed by atoms with van der Waals surface area (Å²) in [7, 11) is 1.48. The Morgan fingerprint density at radius 1 is 1.08 bits per heavy atom. The molecule has 3 heterocycles. The van der Waals surface area contributed by atoms with Gasteiger partial charge in [0.05, 0.1) is 17.8 Å². The molecule has 244 valence electrons. The van der Waals surface area contributed by atoms with Crippen LogP contribution in [0.25, 0.3) is 22.2 Å². The number of nitrogens with one attached hydrogen (secondary N) is 1. The normalized spacial score (nSPS) is 16.5. The Morgan fingerprint density at radius 2 is 1.83 bits per heavy atom. The Balaban J connectivity index is 1.52. The fraction of sp³-hybridized carbons (Fsp3) is 0.194. The maximum absolute atomic E-state index is 15.4. The molecule has 3 N–H and O–H groups in total. The maximum Gasteiger partial charge on any atom is 0.251 e. The van der Waals surface area contributed by atoms with Crippen molar-refractivity contribution in [1.29, 1.82) is 0 Å². The van der Waals surface area contributed by atoms with Crippen LogP contribution in [-0.2, 0) is 20.4 Å². The fourth-order valence-corrected chi connectivity index (χ4v) is 6.02. The lowest BCUT2D eigenvalue weighted by atomic mass is 9.75. The lowest BCUT2D eigenvalue weighted by molar-refractivity contribution is -0.123. The van der Waals surface area contributed by atoms with Crippen molar-refractivity contribution in [2.45, 2.75) is 24.7 Å². The minimum Gasteiger partial charge on any atom is -0.494 e. The molecule has 9 nitrogen and oxygen atoms in total. The minimum atomic E-state index is -1.68. The number of halogens is 3. The van der Waals surface area contributed by atoms with Crippen molar-refractivity contribution in [3.63, 3.8) is 0 Å². The van der Waals surface area contributed by atoms with Crippen LogP contribution < -0.4 is 20.5 Å². The van der Waals surface area contributed by atoms with Gasteiger partial charge in [-0.2, -0.15) is 0 Å². The summed E-state index contributed by atoms with van der Waals surface area (Å²) >= 11 is 6.05. The van der Waals surface area contributed by atoms with Crippen molar-refractivity contribution in [2.75, 3.05) is 20.3 Å². The van der Waals surface area contributed by atoms with Gasteiger partial charge in [0.1, 0.15) is 58.1 Å². The number of amides is 2. The first-order valence-electron chi connectivity index (χ1n) is 14.8. The van der Waals surface area contributed by atoms with E-state index in [0.717, 1.165) is 11.8 Å². The molecule has 6 rings (SSSR count). The van der Waals surface area contributed by atoms with Crippen LogP contribution in [0, 0.1) is 18.6 Å². The third-order valence-corrected chi connectivity index (χ3v) is 9.02. The number of hydrogen-bond acceptors (Lipinski definition) is 7. The van der Waals surface area contributed by atoms with E-state index in [-0.39, 0.29) is 52.0 Å². The number of methoxy groups -OCH3 is 1. The molecular weight excluding hydrogens is 642 g/mol. The van der Waals surface area contributed by atoms with Gasteiger partial charge in [0.25, 0.3) is 5.91 Å². The molecule has 2 amide bonds. The van der Waals surface area contributed by atoms with E-state index in [0.29, 0.717) is 34.6 Å². The average molecular weight is 671 g/mol. The monoisotopic (exact) mass is 670 g/mol. The van der Waals surface area contributed by atoms with Gasteiger partial charge in [0.2, 0.25) is 5.91 Å². The zero-order valence-electron chi connectivity index (χ0n) is 26.1. The number of carbonyl (C=O) groups is 3. The molecule has 2 aromatic heterocycles. The largest absolute Gasteiger partial charge is 0.494 e. The number of rotatable bonds is 9. The van der Waals surface area contributed by atoms with Crippen LogP contribution in [0.5, 0.6) is 11.5 Å². The van der Waals surface area contributed by atoms with E-state index >= 15 is 4.39 Å². The average Bonchev–Trinajstić information content (AvgIpc) is 3.44. The van der Waals surface area contributed by atoms with Crippen molar-refractivity contribution < 1.29 is 32.6 Å². The Bertz CT molecular complexity index is 2130. The van der Waals surface area contributed by atoms with Crippen molar-refractivity contribution in [2.24, 2.45) is 5.73 Å². The Kier molecular flexibility index (Phi) is 8.34. The maximum atomic E-state index is 15.4. The van der Waals surface area contributed by atoms with Gasteiger partial charge in [-0.1, -0.05) is 48.0 Å². The first kappa shape index (κ1) is 32.5. The third kappa shape index (κ3) is 5.39. The highest BCUT2D eigenvalue weighted by Gasteiger charge is 2.46. The van der Waals surface area contributed by atoms with Gasteiger partial charge in [-0.05, 0) is 49.7 Å². The van der Waals surface area contributed by atoms with Gasteiger partial charge in [-0.15, -0.1) is 0 Å². The van der Waals surface area contributed by atoms with E-state index in [1.54, 1.807) is 49.4 Å². The second-order valence-electron chi connectivity index (χ2n) is 11.8. The molecule has 0 fully saturated rings. The summed E-state index contributed by atoms with van der Waals surface area (Å²) in [5.74, 6) is -2.83. The summed E-state index contributed by atoms with van der Waals surface area (Å²) < 4.78 is 41.0. The second kappa shape index (κ2) is 12.3. The van der Waals surface area contributed by atoms with E-state index < -0.39 is 34.3 Å². The number of nitrogens with two attached hydrogens (primary N) is 1. The number of fused-ring (bicyclic) bond motifs is 2. The number of aldehydes is 1. The van der Waals surface area contributed by atoms with Crippen molar-refractivity contribution >= 4 is 40.6 Å². The quantitative estimate of drug-likeness (QED) is 0.154. The van der Waals surface area contributed by atoms with Gasteiger partial charge >= 0.3 is 0 Å². The molecule has 0 aliphatic carbocycles. The lowest BCUT2D eigenvalue weighted by Gasteiger charge is -2.30. The molecule has 0 bridgehead atoms. The van der Waals surface area contributed by atoms with Gasteiger partial charge in [0, 0.05) is 40.4 Å². The summed E-state index contributed by atoms with van der Waals surface area (Å²) in [6, 6.07) is 18.6.